The number of ether oxygens (including phenoxy) is 1. The molecule has 128 valence electrons. The molecular formula is C14H21N3O5S. The van der Waals surface area contributed by atoms with E-state index in [1.165, 1.54) is 7.11 Å². The van der Waals surface area contributed by atoms with Gasteiger partial charge in [0.2, 0.25) is 20.9 Å². The predicted octanol–water partition coefficient (Wildman–Crippen LogP) is 0.665. The third-order valence-corrected chi connectivity index (χ3v) is 5.47. The summed E-state index contributed by atoms with van der Waals surface area (Å²) in [6, 6.07) is 0.00804. The van der Waals surface area contributed by atoms with Crippen LogP contribution in [0.3, 0.4) is 0 Å². The molecule has 8 nitrogen and oxygen atoms in total. The van der Waals surface area contributed by atoms with Gasteiger partial charge in [0.05, 0.1) is 13.3 Å². The molecule has 1 heterocycles. The van der Waals surface area contributed by atoms with Crippen molar-refractivity contribution in [2.75, 3.05) is 12.9 Å². The van der Waals surface area contributed by atoms with Crippen molar-refractivity contribution in [1.29, 1.82) is 0 Å². The summed E-state index contributed by atoms with van der Waals surface area (Å²) in [5.41, 5.74) is -0.0765. The van der Waals surface area contributed by atoms with Crippen LogP contribution in [0.25, 0.3) is 0 Å². The van der Waals surface area contributed by atoms with Crippen molar-refractivity contribution in [3.63, 3.8) is 0 Å². The van der Waals surface area contributed by atoms with Gasteiger partial charge in [-0.15, -0.1) is 0 Å². The number of nitrogens with zero attached hydrogens (tertiary/aromatic N) is 1. The van der Waals surface area contributed by atoms with Crippen molar-refractivity contribution in [3.8, 4) is 0 Å². The molecule has 0 radical (unpaired) electrons. The first kappa shape index (κ1) is 17.5. The first-order chi connectivity index (χ1) is 10.8. The van der Waals surface area contributed by atoms with Gasteiger partial charge in [-0.05, 0) is 18.8 Å². The minimum absolute atomic E-state index is 0.00804. The van der Waals surface area contributed by atoms with Crippen molar-refractivity contribution in [3.05, 3.63) is 11.9 Å². The molecule has 1 aliphatic carbocycles. The van der Waals surface area contributed by atoms with Crippen LogP contribution in [0.4, 0.5) is 0 Å². The highest BCUT2D eigenvalue weighted by molar-refractivity contribution is 7.91. The van der Waals surface area contributed by atoms with E-state index >= 15 is 0 Å². The number of hydrogen-bond donors (Lipinski definition) is 2. The van der Waals surface area contributed by atoms with E-state index in [0.29, 0.717) is 5.92 Å². The molecule has 0 aromatic carbocycles. The molecule has 9 heteroatoms. The number of methoxy groups -OCH3 is 1. The maximum absolute atomic E-state index is 12.2. The zero-order valence-corrected chi connectivity index (χ0v) is 14.0. The smallest absolute Gasteiger partial charge is 0.356 e. The molecule has 1 aromatic rings. The maximum atomic E-state index is 12.2. The van der Waals surface area contributed by atoms with Crippen LogP contribution >= 0.6 is 0 Å². The van der Waals surface area contributed by atoms with Gasteiger partial charge in [-0.1, -0.05) is 19.8 Å². The SMILES string of the molecule is COC(=O)c1cnc(S(=O)(=O)CC(=O)N[C@H]2CCCC[C@@H]2C)[nH]1. The summed E-state index contributed by atoms with van der Waals surface area (Å²) in [5, 5.41) is 2.37. The van der Waals surface area contributed by atoms with Crippen LogP contribution in [0.5, 0.6) is 0 Å². The molecule has 0 unspecified atom stereocenters. The molecule has 1 aliphatic rings. The zero-order valence-electron chi connectivity index (χ0n) is 13.2. The lowest BCUT2D eigenvalue weighted by Gasteiger charge is -2.29. The normalized spacial score (nSPS) is 21.7. The topological polar surface area (TPSA) is 118 Å². The molecule has 2 N–H and O–H groups in total. The summed E-state index contributed by atoms with van der Waals surface area (Å²) < 4.78 is 28.8. The van der Waals surface area contributed by atoms with Crippen LogP contribution in [-0.2, 0) is 19.4 Å². The lowest BCUT2D eigenvalue weighted by molar-refractivity contribution is -0.119. The number of rotatable bonds is 5. The van der Waals surface area contributed by atoms with Crippen LogP contribution in [0, 0.1) is 5.92 Å². The molecule has 1 saturated carbocycles. The Morgan fingerprint density at radius 3 is 2.74 bits per heavy atom. The second-order valence-corrected chi connectivity index (χ2v) is 7.69. The number of hydrogen-bond acceptors (Lipinski definition) is 6. The minimum atomic E-state index is -3.94. The molecular weight excluding hydrogens is 322 g/mol. The van der Waals surface area contributed by atoms with Gasteiger partial charge in [0.15, 0.2) is 0 Å². The van der Waals surface area contributed by atoms with Crippen molar-refractivity contribution < 1.29 is 22.7 Å². The number of aromatic amines is 1. The summed E-state index contributed by atoms with van der Waals surface area (Å²) in [5.74, 6) is -1.64. The fraction of sp³-hybridized carbons (Fsp3) is 0.643. The molecule has 1 fully saturated rings. The second kappa shape index (κ2) is 7.12. The summed E-state index contributed by atoms with van der Waals surface area (Å²) in [6.45, 7) is 2.05. The highest BCUT2D eigenvalue weighted by Crippen LogP contribution is 2.23. The molecule has 0 aliphatic heterocycles. The monoisotopic (exact) mass is 343 g/mol. The van der Waals surface area contributed by atoms with E-state index < -0.39 is 32.6 Å². The van der Waals surface area contributed by atoms with Crippen LogP contribution < -0.4 is 5.32 Å². The van der Waals surface area contributed by atoms with Crippen molar-refractivity contribution >= 4 is 21.7 Å². The molecule has 2 atom stereocenters. The van der Waals surface area contributed by atoms with E-state index in [2.05, 4.69) is 20.0 Å². The molecule has 0 saturated heterocycles. The molecule has 1 aromatic heterocycles. The fourth-order valence-corrected chi connectivity index (χ4v) is 3.74. The second-order valence-electron chi connectivity index (χ2n) is 5.79. The Balaban J connectivity index is 2.01. The molecule has 0 bridgehead atoms. The Bertz CT molecular complexity index is 682. The molecule has 1 amide bonds. The van der Waals surface area contributed by atoms with Gasteiger partial charge < -0.3 is 15.0 Å². The van der Waals surface area contributed by atoms with E-state index in [-0.39, 0.29) is 11.7 Å². The number of sulfone groups is 1. The lowest BCUT2D eigenvalue weighted by Crippen LogP contribution is -2.43. The van der Waals surface area contributed by atoms with E-state index in [1.54, 1.807) is 0 Å². The van der Waals surface area contributed by atoms with Crippen molar-refractivity contribution in [2.45, 2.75) is 43.8 Å². The van der Waals surface area contributed by atoms with Crippen molar-refractivity contribution in [2.24, 2.45) is 5.92 Å². The summed E-state index contributed by atoms with van der Waals surface area (Å²) >= 11 is 0. The zero-order chi connectivity index (χ0) is 17.0. The van der Waals surface area contributed by atoms with Gasteiger partial charge >= 0.3 is 5.97 Å². The number of esters is 1. The molecule has 0 spiro atoms. The van der Waals surface area contributed by atoms with Gasteiger partial charge in [-0.25, -0.2) is 18.2 Å². The standard InChI is InChI=1S/C14H21N3O5S/c1-9-5-3-4-6-10(9)16-12(18)8-23(20,21)14-15-7-11(17-14)13(19)22-2/h7,9-10H,3-6,8H2,1-2H3,(H,15,17)(H,16,18)/t9-,10-/m0/s1. The van der Waals surface area contributed by atoms with Crippen LogP contribution in [0.15, 0.2) is 11.4 Å². The summed E-state index contributed by atoms with van der Waals surface area (Å²) in [7, 11) is -2.76. The average Bonchev–Trinajstić information content (AvgIpc) is 2.99. The third kappa shape index (κ3) is 4.31. The van der Waals surface area contributed by atoms with Crippen LogP contribution in [0.1, 0.15) is 43.1 Å². The first-order valence-electron chi connectivity index (χ1n) is 7.49. The lowest BCUT2D eigenvalue weighted by atomic mass is 9.86. The van der Waals surface area contributed by atoms with E-state index in [1.807, 2.05) is 6.92 Å². The Hall–Kier alpha value is -1.90. The summed E-state index contributed by atoms with van der Waals surface area (Å²) in [4.78, 5) is 29.3. The number of H-pyrrole nitrogens is 1. The number of aromatic nitrogens is 2. The molecule has 2 rings (SSSR count). The molecule has 23 heavy (non-hydrogen) atoms. The number of carbonyl (C=O) groups excluding carboxylic acids is 2. The minimum Gasteiger partial charge on any atom is -0.464 e. The number of amides is 1. The number of nitrogens with one attached hydrogen (secondary N) is 2. The van der Waals surface area contributed by atoms with E-state index in [0.717, 1.165) is 31.9 Å². The van der Waals surface area contributed by atoms with Gasteiger partial charge in [0.1, 0.15) is 11.4 Å². The van der Waals surface area contributed by atoms with E-state index in [4.69, 9.17) is 0 Å². The predicted molar refractivity (Wildman–Crippen MR) is 81.5 cm³/mol. The average molecular weight is 343 g/mol. The Morgan fingerprint density at radius 2 is 2.09 bits per heavy atom. The van der Waals surface area contributed by atoms with Gasteiger partial charge in [0, 0.05) is 6.04 Å². The van der Waals surface area contributed by atoms with Crippen LogP contribution in [-0.4, -0.2) is 49.2 Å². The maximum Gasteiger partial charge on any atom is 0.356 e. The fourth-order valence-electron chi connectivity index (χ4n) is 2.69. The Labute approximate surface area is 134 Å². The van der Waals surface area contributed by atoms with E-state index in [9.17, 15) is 18.0 Å². The quantitative estimate of drug-likeness (QED) is 0.758. The highest BCUT2D eigenvalue weighted by Gasteiger charge is 2.27. The summed E-state index contributed by atoms with van der Waals surface area (Å²) in [6.07, 6.45) is 5.12. The highest BCUT2D eigenvalue weighted by atomic mass is 32.2. The Morgan fingerprint density at radius 1 is 1.39 bits per heavy atom. The number of imidazole rings is 1. The Kier molecular flexibility index (Phi) is 5.40. The van der Waals surface area contributed by atoms with Gasteiger partial charge in [-0.2, -0.15) is 0 Å². The van der Waals surface area contributed by atoms with Crippen LogP contribution in [0.2, 0.25) is 0 Å². The van der Waals surface area contributed by atoms with Gasteiger partial charge in [0.25, 0.3) is 0 Å². The third-order valence-electron chi connectivity index (χ3n) is 4.03. The van der Waals surface area contributed by atoms with Crippen molar-refractivity contribution in [1.82, 2.24) is 15.3 Å². The largest absolute Gasteiger partial charge is 0.464 e. The number of carbonyl (C=O) groups is 2. The van der Waals surface area contributed by atoms with Gasteiger partial charge in [-0.3, -0.25) is 4.79 Å². The first-order valence-corrected chi connectivity index (χ1v) is 9.14.